The zero-order chi connectivity index (χ0) is 15.4. The number of nitrogens with two attached hydrogens (primary N) is 1. The molecule has 1 aromatic carbocycles. The van der Waals surface area contributed by atoms with Gasteiger partial charge in [-0.05, 0) is 31.5 Å². The van der Waals surface area contributed by atoms with Crippen LogP contribution in [0.1, 0.15) is 20.3 Å². The fourth-order valence-corrected chi connectivity index (χ4v) is 3.09. The summed E-state index contributed by atoms with van der Waals surface area (Å²) in [6.45, 7) is 4.42. The molecule has 2 aromatic rings. The molecular weight excluding hydrogens is 306 g/mol. The maximum Gasteiger partial charge on any atom is 0.236 e. The third kappa shape index (κ3) is 3.68. The van der Waals surface area contributed by atoms with Gasteiger partial charge in [0.25, 0.3) is 0 Å². The molecule has 1 heterocycles. The van der Waals surface area contributed by atoms with Crippen molar-refractivity contribution in [3.63, 3.8) is 0 Å². The van der Waals surface area contributed by atoms with Crippen molar-refractivity contribution in [2.75, 3.05) is 11.9 Å². The summed E-state index contributed by atoms with van der Waals surface area (Å²) in [5, 5.41) is 3.32. The first kappa shape index (κ1) is 15.7. The molecule has 112 valence electrons. The number of ether oxygens (including phenoxy) is 1. The molecule has 0 aliphatic heterocycles. The number of aromatic nitrogens is 1. The zero-order valence-electron chi connectivity index (χ0n) is 11.9. The van der Waals surface area contributed by atoms with Crippen molar-refractivity contribution in [1.29, 1.82) is 0 Å². The molecule has 1 aromatic heterocycles. The number of thiocarbonyl (C=S) groups is 1. The van der Waals surface area contributed by atoms with Gasteiger partial charge < -0.3 is 15.8 Å². The molecule has 0 saturated carbocycles. The van der Waals surface area contributed by atoms with Gasteiger partial charge in [-0.1, -0.05) is 30.5 Å². The van der Waals surface area contributed by atoms with Crippen LogP contribution in [0.4, 0.5) is 5.13 Å². The van der Waals surface area contributed by atoms with Crippen molar-refractivity contribution in [3.05, 3.63) is 18.2 Å². The van der Waals surface area contributed by atoms with Gasteiger partial charge in [0.2, 0.25) is 5.91 Å². The molecule has 1 atom stereocenters. The second-order valence-corrected chi connectivity index (χ2v) is 5.94. The highest BCUT2D eigenvalue weighted by molar-refractivity contribution is 7.80. The smallest absolute Gasteiger partial charge is 0.236 e. The Hall–Kier alpha value is -1.73. The third-order valence-corrected chi connectivity index (χ3v) is 4.19. The van der Waals surface area contributed by atoms with E-state index in [1.54, 1.807) is 0 Å². The monoisotopic (exact) mass is 323 g/mol. The number of fused-ring (bicyclic) bond motifs is 1. The summed E-state index contributed by atoms with van der Waals surface area (Å²) >= 11 is 6.30. The number of benzene rings is 1. The first-order chi connectivity index (χ1) is 10.0. The highest BCUT2D eigenvalue weighted by Crippen LogP contribution is 2.29. The Morgan fingerprint density at radius 2 is 2.29 bits per heavy atom. The van der Waals surface area contributed by atoms with E-state index in [1.165, 1.54) is 11.3 Å². The maximum absolute atomic E-state index is 12.1. The SMILES string of the molecule is CCOc1ccc2nc(NC(=O)C(CC)C(N)=S)sc2c1. The van der Waals surface area contributed by atoms with E-state index in [9.17, 15) is 4.79 Å². The predicted octanol–water partition coefficient (Wildman–Crippen LogP) is 2.95. The fourth-order valence-electron chi connectivity index (χ4n) is 1.92. The van der Waals surface area contributed by atoms with Crippen molar-refractivity contribution in [1.82, 2.24) is 4.98 Å². The summed E-state index contributed by atoms with van der Waals surface area (Å²) in [5.74, 6) is 0.112. The van der Waals surface area contributed by atoms with Crippen LogP contribution in [0, 0.1) is 5.92 Å². The van der Waals surface area contributed by atoms with Crippen LogP contribution < -0.4 is 15.8 Å². The maximum atomic E-state index is 12.1. The molecular formula is C14H17N3O2S2. The van der Waals surface area contributed by atoms with E-state index in [0.29, 0.717) is 18.2 Å². The Kier molecular flexibility index (Phi) is 5.08. The lowest BCUT2D eigenvalue weighted by Gasteiger charge is -2.11. The van der Waals surface area contributed by atoms with Crippen LogP contribution in [-0.2, 0) is 4.79 Å². The number of hydrogen-bond acceptors (Lipinski definition) is 5. The number of thiazole rings is 1. The molecule has 1 unspecified atom stereocenters. The highest BCUT2D eigenvalue weighted by atomic mass is 32.1. The standard InChI is InChI=1S/C14H17N3O2S2/c1-3-9(12(15)20)13(18)17-14-16-10-6-5-8(19-4-2)7-11(10)21-14/h5-7,9H,3-4H2,1-2H3,(H2,15,20)(H,16,17,18). The first-order valence-electron chi connectivity index (χ1n) is 6.68. The lowest BCUT2D eigenvalue weighted by Crippen LogP contribution is -2.32. The topological polar surface area (TPSA) is 77.2 Å². The average Bonchev–Trinajstić information content (AvgIpc) is 2.80. The van der Waals surface area contributed by atoms with Crippen LogP contribution in [0.2, 0.25) is 0 Å². The molecule has 7 heteroatoms. The van der Waals surface area contributed by atoms with Gasteiger partial charge in [-0.3, -0.25) is 4.79 Å². The van der Waals surface area contributed by atoms with Crippen LogP contribution in [-0.4, -0.2) is 22.5 Å². The van der Waals surface area contributed by atoms with Crippen LogP contribution in [0.5, 0.6) is 5.75 Å². The first-order valence-corrected chi connectivity index (χ1v) is 7.91. The molecule has 5 nitrogen and oxygen atoms in total. The van der Waals surface area contributed by atoms with Crippen LogP contribution in [0.15, 0.2) is 18.2 Å². The van der Waals surface area contributed by atoms with Crippen molar-refractivity contribution in [3.8, 4) is 5.75 Å². The summed E-state index contributed by atoms with van der Waals surface area (Å²) < 4.78 is 6.41. The van der Waals surface area contributed by atoms with Gasteiger partial charge in [0.15, 0.2) is 5.13 Å². The van der Waals surface area contributed by atoms with E-state index in [2.05, 4.69) is 10.3 Å². The Bertz CT molecular complexity index is 669. The number of carbonyl (C=O) groups is 1. The molecule has 0 saturated heterocycles. The summed E-state index contributed by atoms with van der Waals surface area (Å²) in [6, 6.07) is 5.65. The van der Waals surface area contributed by atoms with Crippen molar-refractivity contribution >= 4 is 49.8 Å². The molecule has 21 heavy (non-hydrogen) atoms. The summed E-state index contributed by atoms with van der Waals surface area (Å²) in [7, 11) is 0. The molecule has 0 aliphatic carbocycles. The van der Waals surface area contributed by atoms with E-state index in [4.69, 9.17) is 22.7 Å². The van der Waals surface area contributed by atoms with E-state index in [0.717, 1.165) is 16.0 Å². The molecule has 0 aliphatic rings. The highest BCUT2D eigenvalue weighted by Gasteiger charge is 2.20. The Morgan fingerprint density at radius 3 is 2.90 bits per heavy atom. The van der Waals surface area contributed by atoms with Crippen molar-refractivity contribution in [2.45, 2.75) is 20.3 Å². The van der Waals surface area contributed by atoms with Crippen LogP contribution in [0.3, 0.4) is 0 Å². The number of amides is 1. The van der Waals surface area contributed by atoms with E-state index < -0.39 is 5.92 Å². The lowest BCUT2D eigenvalue weighted by atomic mass is 10.1. The number of hydrogen-bond donors (Lipinski definition) is 2. The van der Waals surface area contributed by atoms with Gasteiger partial charge in [0.1, 0.15) is 5.75 Å². The normalized spacial score (nSPS) is 12.1. The quantitative estimate of drug-likeness (QED) is 0.799. The van der Waals surface area contributed by atoms with Gasteiger partial charge in [-0.2, -0.15) is 0 Å². The molecule has 1 amide bonds. The summed E-state index contributed by atoms with van der Waals surface area (Å²) in [6.07, 6.45) is 0.570. The summed E-state index contributed by atoms with van der Waals surface area (Å²) in [5.41, 5.74) is 6.39. The molecule has 2 rings (SSSR count). The van der Waals surface area contributed by atoms with E-state index in [-0.39, 0.29) is 10.9 Å². The van der Waals surface area contributed by atoms with Gasteiger partial charge in [0.05, 0.1) is 27.7 Å². The van der Waals surface area contributed by atoms with Crippen molar-refractivity contribution < 1.29 is 9.53 Å². The lowest BCUT2D eigenvalue weighted by molar-refractivity contribution is -0.118. The van der Waals surface area contributed by atoms with Gasteiger partial charge in [-0.15, -0.1) is 0 Å². The van der Waals surface area contributed by atoms with Gasteiger partial charge in [0, 0.05) is 0 Å². The number of rotatable bonds is 6. The molecule has 3 N–H and O–H groups in total. The third-order valence-electron chi connectivity index (χ3n) is 2.97. The fraction of sp³-hybridized carbons (Fsp3) is 0.357. The number of nitrogens with zero attached hydrogens (tertiary/aromatic N) is 1. The number of carbonyl (C=O) groups excluding carboxylic acids is 1. The Balaban J connectivity index is 2.19. The van der Waals surface area contributed by atoms with Crippen LogP contribution in [0.25, 0.3) is 10.2 Å². The predicted molar refractivity (Wildman–Crippen MR) is 90.0 cm³/mol. The minimum Gasteiger partial charge on any atom is -0.494 e. The summed E-state index contributed by atoms with van der Waals surface area (Å²) in [4.78, 5) is 16.7. The van der Waals surface area contributed by atoms with Gasteiger partial charge >= 0.3 is 0 Å². The van der Waals surface area contributed by atoms with Crippen LogP contribution >= 0.6 is 23.6 Å². The second-order valence-electron chi connectivity index (χ2n) is 4.43. The minimum atomic E-state index is -0.467. The number of anilines is 1. The molecule has 0 fully saturated rings. The Labute approximate surface area is 132 Å². The van der Waals surface area contributed by atoms with E-state index in [1.807, 2.05) is 32.0 Å². The molecule has 0 bridgehead atoms. The largest absolute Gasteiger partial charge is 0.494 e. The number of nitrogens with one attached hydrogen (secondary N) is 1. The Morgan fingerprint density at radius 1 is 1.52 bits per heavy atom. The molecule has 0 radical (unpaired) electrons. The molecule has 0 spiro atoms. The minimum absolute atomic E-state index is 0.203. The van der Waals surface area contributed by atoms with Crippen molar-refractivity contribution in [2.24, 2.45) is 11.7 Å². The second kappa shape index (κ2) is 6.82. The van der Waals surface area contributed by atoms with E-state index >= 15 is 0 Å². The average molecular weight is 323 g/mol. The van der Waals surface area contributed by atoms with Gasteiger partial charge in [-0.25, -0.2) is 4.98 Å². The zero-order valence-corrected chi connectivity index (χ0v) is 13.5.